The Morgan fingerprint density at radius 2 is 1.62 bits per heavy atom. The maximum atomic E-state index is 13.6. The van der Waals surface area contributed by atoms with Crippen LogP contribution in [0.3, 0.4) is 0 Å². The first-order chi connectivity index (χ1) is 18.0. The molecule has 1 amide bonds. The Kier molecular flexibility index (Phi) is 7.18. The van der Waals surface area contributed by atoms with E-state index in [9.17, 15) is 13.2 Å². The van der Waals surface area contributed by atoms with Gasteiger partial charge in [-0.2, -0.15) is 4.31 Å². The minimum atomic E-state index is -3.74. The Morgan fingerprint density at radius 1 is 0.892 bits per heavy atom. The minimum absolute atomic E-state index is 0.138. The number of rotatable bonds is 9. The molecule has 0 aliphatic carbocycles. The van der Waals surface area contributed by atoms with Gasteiger partial charge in [0.2, 0.25) is 10.0 Å². The lowest BCUT2D eigenvalue weighted by atomic mass is 10.2. The summed E-state index contributed by atoms with van der Waals surface area (Å²) in [4.78, 5) is 20.0. The molecule has 5 rings (SSSR count). The molecular weight excluding hydrogens is 506 g/mol. The quantitative estimate of drug-likeness (QED) is 0.235. The van der Waals surface area contributed by atoms with Crippen molar-refractivity contribution in [3.63, 3.8) is 0 Å². The van der Waals surface area contributed by atoms with Crippen molar-refractivity contribution >= 4 is 42.6 Å². The first kappa shape index (κ1) is 24.9. The fourth-order valence-corrected chi connectivity index (χ4v) is 6.39. The average molecular weight is 532 g/mol. The van der Waals surface area contributed by atoms with Gasteiger partial charge >= 0.3 is 0 Å². The highest BCUT2D eigenvalue weighted by Gasteiger charge is 2.26. The predicted molar refractivity (Wildman–Crippen MR) is 145 cm³/mol. The zero-order valence-corrected chi connectivity index (χ0v) is 21.8. The summed E-state index contributed by atoms with van der Waals surface area (Å²) in [5.41, 5.74) is 2.07. The van der Waals surface area contributed by atoms with Gasteiger partial charge < -0.3 is 4.42 Å². The first-order valence-corrected chi connectivity index (χ1v) is 14.1. The molecule has 2 heterocycles. The highest BCUT2D eigenvalue weighted by molar-refractivity contribution is 7.89. The molecule has 0 N–H and O–H groups in total. The smallest absolute Gasteiger partial charge is 0.260 e. The van der Waals surface area contributed by atoms with E-state index < -0.39 is 10.0 Å². The van der Waals surface area contributed by atoms with E-state index >= 15 is 0 Å². The van der Waals surface area contributed by atoms with Crippen LogP contribution in [0.5, 0.6) is 0 Å². The number of sulfonamides is 1. The van der Waals surface area contributed by atoms with Crippen molar-refractivity contribution in [3.8, 4) is 0 Å². The SMILES string of the molecule is CCN(Cc1ccccc1)S(=O)(=O)c1ccc(C(=O)N(Cc2ccco2)c2nc3ccccc3s2)cc1. The third-order valence-corrected chi connectivity index (χ3v) is 8.94. The Labute approximate surface area is 219 Å². The van der Waals surface area contributed by atoms with Gasteiger partial charge in [-0.25, -0.2) is 13.4 Å². The molecule has 0 bridgehead atoms. The molecule has 0 atom stereocenters. The average Bonchev–Trinajstić information content (AvgIpc) is 3.60. The summed E-state index contributed by atoms with van der Waals surface area (Å²) in [7, 11) is -3.74. The predicted octanol–water partition coefficient (Wildman–Crippen LogP) is 5.95. The van der Waals surface area contributed by atoms with E-state index in [-0.39, 0.29) is 23.9 Å². The lowest BCUT2D eigenvalue weighted by Gasteiger charge is -2.21. The molecule has 3 aromatic carbocycles. The first-order valence-electron chi connectivity index (χ1n) is 11.8. The second kappa shape index (κ2) is 10.7. The molecule has 37 heavy (non-hydrogen) atoms. The highest BCUT2D eigenvalue weighted by atomic mass is 32.2. The molecule has 0 fully saturated rings. The molecule has 7 nitrogen and oxygen atoms in total. The molecular formula is C28H25N3O4S2. The molecule has 0 unspecified atom stereocenters. The highest BCUT2D eigenvalue weighted by Crippen LogP contribution is 2.31. The number of para-hydroxylation sites is 1. The number of furan rings is 1. The second-order valence-electron chi connectivity index (χ2n) is 8.38. The van der Waals surface area contributed by atoms with Crippen molar-refractivity contribution in [2.24, 2.45) is 0 Å². The molecule has 0 radical (unpaired) electrons. The number of hydrogen-bond donors (Lipinski definition) is 0. The number of carbonyl (C=O) groups is 1. The van der Waals surface area contributed by atoms with Crippen molar-refractivity contribution in [1.29, 1.82) is 0 Å². The number of anilines is 1. The van der Waals surface area contributed by atoms with Crippen LogP contribution in [-0.2, 0) is 23.1 Å². The molecule has 0 aliphatic rings. The van der Waals surface area contributed by atoms with Crippen molar-refractivity contribution < 1.29 is 17.6 Å². The van der Waals surface area contributed by atoms with Gasteiger partial charge in [0.1, 0.15) is 5.76 Å². The van der Waals surface area contributed by atoms with Crippen molar-refractivity contribution in [3.05, 3.63) is 114 Å². The maximum Gasteiger partial charge on any atom is 0.260 e. The zero-order valence-electron chi connectivity index (χ0n) is 20.2. The van der Waals surface area contributed by atoms with E-state index in [2.05, 4.69) is 4.98 Å². The fraction of sp³-hybridized carbons (Fsp3) is 0.143. The van der Waals surface area contributed by atoms with Crippen LogP contribution in [0, 0.1) is 0 Å². The largest absolute Gasteiger partial charge is 0.467 e. The Balaban J connectivity index is 1.42. The van der Waals surface area contributed by atoms with Crippen LogP contribution in [0.2, 0.25) is 0 Å². The lowest BCUT2D eigenvalue weighted by molar-refractivity contribution is 0.0983. The summed E-state index contributed by atoms with van der Waals surface area (Å²) < 4.78 is 34.5. The van der Waals surface area contributed by atoms with Gasteiger partial charge in [-0.3, -0.25) is 9.69 Å². The number of nitrogens with zero attached hydrogens (tertiary/aromatic N) is 3. The van der Waals surface area contributed by atoms with E-state index in [1.165, 1.54) is 27.8 Å². The number of aromatic nitrogens is 1. The van der Waals surface area contributed by atoms with Gasteiger partial charge in [0.25, 0.3) is 5.91 Å². The van der Waals surface area contributed by atoms with Crippen LogP contribution < -0.4 is 4.90 Å². The molecule has 0 aliphatic heterocycles. The number of amides is 1. The normalized spacial score (nSPS) is 11.7. The van der Waals surface area contributed by atoms with Crippen molar-refractivity contribution in [2.75, 3.05) is 11.4 Å². The van der Waals surface area contributed by atoms with Gasteiger partial charge in [0.05, 0.1) is 27.9 Å². The third-order valence-electron chi connectivity index (χ3n) is 5.95. The molecule has 2 aromatic heterocycles. The molecule has 5 aromatic rings. The van der Waals surface area contributed by atoms with Gasteiger partial charge in [-0.1, -0.05) is 60.7 Å². The summed E-state index contributed by atoms with van der Waals surface area (Å²) in [5, 5.41) is 0.541. The van der Waals surface area contributed by atoms with Crippen LogP contribution in [-0.4, -0.2) is 30.2 Å². The Bertz CT molecular complexity index is 1560. The minimum Gasteiger partial charge on any atom is -0.467 e. The number of thiazole rings is 1. The topological polar surface area (TPSA) is 83.7 Å². The summed E-state index contributed by atoms with van der Waals surface area (Å²) in [6, 6.07) is 26.8. The van der Waals surface area contributed by atoms with Crippen LogP contribution in [0.15, 0.2) is 107 Å². The molecule has 0 spiro atoms. The number of carbonyl (C=O) groups excluding carboxylic acids is 1. The fourth-order valence-electron chi connectivity index (χ4n) is 3.99. The lowest BCUT2D eigenvalue weighted by Crippen LogP contribution is -2.31. The van der Waals surface area contributed by atoms with Crippen LogP contribution in [0.1, 0.15) is 28.6 Å². The maximum absolute atomic E-state index is 13.6. The van der Waals surface area contributed by atoms with Gasteiger partial charge in [0.15, 0.2) is 5.13 Å². The zero-order chi connectivity index (χ0) is 25.8. The Morgan fingerprint density at radius 3 is 2.30 bits per heavy atom. The molecule has 0 saturated heterocycles. The molecule has 0 saturated carbocycles. The van der Waals surface area contributed by atoms with Crippen LogP contribution in [0.25, 0.3) is 10.2 Å². The van der Waals surface area contributed by atoms with Crippen molar-refractivity contribution in [1.82, 2.24) is 9.29 Å². The van der Waals surface area contributed by atoms with Crippen molar-refractivity contribution in [2.45, 2.75) is 24.9 Å². The van der Waals surface area contributed by atoms with E-state index in [0.717, 1.165) is 15.8 Å². The number of benzene rings is 3. The summed E-state index contributed by atoms with van der Waals surface area (Å²) in [6.07, 6.45) is 1.56. The monoisotopic (exact) mass is 531 g/mol. The number of fused-ring (bicyclic) bond motifs is 1. The second-order valence-corrected chi connectivity index (χ2v) is 11.3. The van der Waals surface area contributed by atoms with E-state index in [1.807, 2.05) is 61.5 Å². The van der Waals surface area contributed by atoms with Crippen LogP contribution >= 0.6 is 11.3 Å². The van der Waals surface area contributed by atoms with Gasteiger partial charge in [-0.15, -0.1) is 0 Å². The van der Waals surface area contributed by atoms with E-state index in [0.29, 0.717) is 23.0 Å². The standard InChI is InChI=1S/C28H25N3O4S2/c1-2-30(19-21-9-4-3-5-10-21)37(33,34)24-16-14-22(15-17-24)27(32)31(20-23-11-8-18-35-23)28-29-25-12-6-7-13-26(25)36-28/h3-18H,2,19-20H2,1H3. The summed E-state index contributed by atoms with van der Waals surface area (Å²) in [5.74, 6) is 0.322. The van der Waals surface area contributed by atoms with Gasteiger partial charge in [-0.05, 0) is 54.1 Å². The third kappa shape index (κ3) is 5.34. The summed E-state index contributed by atoms with van der Waals surface area (Å²) in [6.45, 7) is 2.61. The van der Waals surface area contributed by atoms with E-state index in [4.69, 9.17) is 4.42 Å². The van der Waals surface area contributed by atoms with Crippen LogP contribution in [0.4, 0.5) is 5.13 Å². The van der Waals surface area contributed by atoms with E-state index in [1.54, 1.807) is 35.4 Å². The molecule has 9 heteroatoms. The summed E-state index contributed by atoms with van der Waals surface area (Å²) >= 11 is 1.42. The molecule has 188 valence electrons. The number of hydrogen-bond acceptors (Lipinski definition) is 6. The Hall–Kier alpha value is -3.79. The van der Waals surface area contributed by atoms with Gasteiger partial charge in [0, 0.05) is 18.7 Å².